The fraction of sp³-hybridized carbons (Fsp3) is 0.438. The minimum atomic E-state index is 0.184. The topological polar surface area (TPSA) is 34.1 Å². The van der Waals surface area contributed by atoms with Crippen molar-refractivity contribution >= 4 is 11.3 Å². The highest BCUT2D eigenvalue weighted by atomic mass is 32.1. The molecule has 0 aliphatic rings. The zero-order valence-electron chi connectivity index (χ0n) is 12.5. The smallest absolute Gasteiger partial charge is 0.120 e. The summed E-state index contributed by atoms with van der Waals surface area (Å²) in [4.78, 5) is 5.64. The van der Waals surface area contributed by atoms with Gasteiger partial charge in [-0.2, -0.15) is 0 Å². The zero-order valence-corrected chi connectivity index (χ0v) is 13.3. The lowest BCUT2D eigenvalue weighted by Gasteiger charge is -2.19. The predicted octanol–water partition coefficient (Wildman–Crippen LogP) is 3.94. The first kappa shape index (κ1) is 15.0. The zero-order chi connectivity index (χ0) is 14.5. The highest BCUT2D eigenvalue weighted by Gasteiger charge is 2.18. The number of rotatable bonds is 6. The molecule has 0 bridgehead atoms. The summed E-state index contributed by atoms with van der Waals surface area (Å²) in [6, 6.07) is 8.49. The minimum Gasteiger partial charge on any atom is -0.491 e. The van der Waals surface area contributed by atoms with Crippen molar-refractivity contribution in [1.29, 1.82) is 0 Å². The van der Waals surface area contributed by atoms with E-state index in [2.05, 4.69) is 36.3 Å². The molecular weight excluding hydrogens is 268 g/mol. The molecule has 0 radical (unpaired) electrons. The molecule has 3 nitrogen and oxygen atoms in total. The van der Waals surface area contributed by atoms with Gasteiger partial charge in [0.1, 0.15) is 5.75 Å². The number of hydrogen-bond acceptors (Lipinski definition) is 4. The molecule has 0 saturated carbocycles. The number of benzene rings is 1. The first-order valence-electron chi connectivity index (χ1n) is 7.01. The van der Waals surface area contributed by atoms with Crippen molar-refractivity contribution in [3.63, 3.8) is 0 Å². The highest BCUT2D eigenvalue weighted by Crippen LogP contribution is 2.30. The average Bonchev–Trinajstić information content (AvgIpc) is 2.81. The molecule has 0 aliphatic heterocycles. The third kappa shape index (κ3) is 3.58. The molecule has 20 heavy (non-hydrogen) atoms. The third-order valence-corrected chi connectivity index (χ3v) is 4.01. The molecule has 108 valence electrons. The van der Waals surface area contributed by atoms with Crippen molar-refractivity contribution in [1.82, 2.24) is 10.3 Å². The van der Waals surface area contributed by atoms with Gasteiger partial charge >= 0.3 is 0 Å². The van der Waals surface area contributed by atoms with Gasteiger partial charge in [0, 0.05) is 4.88 Å². The van der Waals surface area contributed by atoms with Crippen molar-refractivity contribution in [2.45, 2.75) is 39.8 Å². The Bertz CT molecular complexity index is 551. The molecule has 0 fully saturated rings. The van der Waals surface area contributed by atoms with Crippen molar-refractivity contribution in [3.05, 3.63) is 45.9 Å². The highest BCUT2D eigenvalue weighted by molar-refractivity contribution is 7.09. The number of nitrogens with zero attached hydrogens (tertiary/aromatic N) is 1. The molecule has 1 unspecified atom stereocenters. The normalized spacial score (nSPS) is 12.7. The van der Waals surface area contributed by atoms with E-state index in [1.165, 1.54) is 10.4 Å². The van der Waals surface area contributed by atoms with Gasteiger partial charge in [0.15, 0.2) is 0 Å². The second-order valence-corrected chi connectivity index (χ2v) is 5.92. The summed E-state index contributed by atoms with van der Waals surface area (Å²) in [5, 5.41) is 3.54. The van der Waals surface area contributed by atoms with Crippen LogP contribution in [0.5, 0.6) is 5.75 Å². The third-order valence-electron chi connectivity index (χ3n) is 3.02. The summed E-state index contributed by atoms with van der Waals surface area (Å²) in [6.45, 7) is 9.18. The Balaban J connectivity index is 2.32. The maximum Gasteiger partial charge on any atom is 0.120 e. The van der Waals surface area contributed by atoms with Crippen LogP contribution in [0.1, 0.15) is 42.9 Å². The van der Waals surface area contributed by atoms with Crippen LogP contribution >= 0.6 is 11.3 Å². The summed E-state index contributed by atoms with van der Waals surface area (Å²) in [5.41, 5.74) is 4.22. The van der Waals surface area contributed by atoms with Crippen LogP contribution in [-0.4, -0.2) is 17.6 Å². The molecule has 1 aromatic heterocycles. The lowest BCUT2D eigenvalue weighted by atomic mass is 10.0. The second kappa shape index (κ2) is 6.86. The lowest BCUT2D eigenvalue weighted by molar-refractivity contribution is 0.242. The van der Waals surface area contributed by atoms with Gasteiger partial charge in [-0.3, -0.25) is 0 Å². The molecule has 0 aliphatic carbocycles. The monoisotopic (exact) mass is 290 g/mol. The minimum absolute atomic E-state index is 0.184. The van der Waals surface area contributed by atoms with E-state index in [4.69, 9.17) is 4.74 Å². The van der Waals surface area contributed by atoms with Gasteiger partial charge in [-0.05, 0) is 45.0 Å². The number of ether oxygens (including phenoxy) is 1. The van der Waals surface area contributed by atoms with Crippen LogP contribution in [0, 0.1) is 6.92 Å². The van der Waals surface area contributed by atoms with E-state index in [0.717, 1.165) is 18.0 Å². The number of nitrogens with one attached hydrogen (secondary N) is 1. The van der Waals surface area contributed by atoms with E-state index in [0.29, 0.717) is 0 Å². The van der Waals surface area contributed by atoms with Gasteiger partial charge in [-0.15, -0.1) is 11.3 Å². The Kier molecular flexibility index (Phi) is 5.15. The molecule has 1 N–H and O–H groups in total. The Morgan fingerprint density at radius 3 is 2.75 bits per heavy atom. The van der Waals surface area contributed by atoms with Crippen LogP contribution in [0.3, 0.4) is 0 Å². The van der Waals surface area contributed by atoms with E-state index in [9.17, 15) is 0 Å². The van der Waals surface area contributed by atoms with E-state index in [1.807, 2.05) is 31.5 Å². The van der Waals surface area contributed by atoms with Crippen LogP contribution in [-0.2, 0) is 0 Å². The Morgan fingerprint density at radius 2 is 2.15 bits per heavy atom. The molecule has 2 aromatic rings. The number of hydrogen-bond donors (Lipinski definition) is 1. The number of aryl methyl sites for hydroxylation is 1. The Hall–Kier alpha value is -1.39. The summed E-state index contributed by atoms with van der Waals surface area (Å²) < 4.78 is 5.79. The summed E-state index contributed by atoms with van der Waals surface area (Å²) in [6.07, 6.45) is 0.188. The van der Waals surface area contributed by atoms with Gasteiger partial charge in [0.25, 0.3) is 0 Å². The lowest BCUT2D eigenvalue weighted by Crippen LogP contribution is -2.22. The SMILES string of the molecule is CCNC(c1cccc(OC(C)C)c1)c1scnc1C. The largest absolute Gasteiger partial charge is 0.491 e. The van der Waals surface area contributed by atoms with Crippen LogP contribution in [0.4, 0.5) is 0 Å². The maximum atomic E-state index is 5.79. The van der Waals surface area contributed by atoms with Crippen molar-refractivity contribution in [2.24, 2.45) is 0 Å². The Morgan fingerprint density at radius 1 is 1.35 bits per heavy atom. The van der Waals surface area contributed by atoms with E-state index in [1.54, 1.807) is 11.3 Å². The molecule has 1 heterocycles. The molecule has 1 aromatic carbocycles. The van der Waals surface area contributed by atoms with Crippen LogP contribution in [0.15, 0.2) is 29.8 Å². The van der Waals surface area contributed by atoms with Crippen LogP contribution in [0.25, 0.3) is 0 Å². The first-order valence-corrected chi connectivity index (χ1v) is 7.89. The van der Waals surface area contributed by atoms with Gasteiger partial charge in [0.2, 0.25) is 0 Å². The fourth-order valence-electron chi connectivity index (χ4n) is 2.19. The van der Waals surface area contributed by atoms with Crippen LogP contribution < -0.4 is 10.1 Å². The van der Waals surface area contributed by atoms with E-state index in [-0.39, 0.29) is 12.1 Å². The van der Waals surface area contributed by atoms with Crippen molar-refractivity contribution in [2.75, 3.05) is 6.54 Å². The van der Waals surface area contributed by atoms with Crippen molar-refractivity contribution < 1.29 is 4.74 Å². The molecule has 0 amide bonds. The predicted molar refractivity (Wildman–Crippen MR) is 84.6 cm³/mol. The second-order valence-electron chi connectivity index (χ2n) is 5.03. The van der Waals surface area contributed by atoms with E-state index < -0.39 is 0 Å². The van der Waals surface area contributed by atoms with E-state index >= 15 is 0 Å². The standard InChI is InChI=1S/C16H22N2OS/c1-5-17-15(16-12(4)18-10-20-16)13-7-6-8-14(9-13)19-11(2)3/h6-11,15,17H,5H2,1-4H3. The quantitative estimate of drug-likeness (QED) is 0.875. The number of aromatic nitrogens is 1. The Labute approximate surface area is 125 Å². The molecule has 1 atom stereocenters. The molecule has 2 rings (SSSR count). The summed E-state index contributed by atoms with van der Waals surface area (Å²) in [7, 11) is 0. The summed E-state index contributed by atoms with van der Waals surface area (Å²) in [5.74, 6) is 0.919. The summed E-state index contributed by atoms with van der Waals surface area (Å²) >= 11 is 1.70. The average molecular weight is 290 g/mol. The van der Waals surface area contributed by atoms with Gasteiger partial charge in [-0.1, -0.05) is 19.1 Å². The van der Waals surface area contributed by atoms with Gasteiger partial charge < -0.3 is 10.1 Å². The van der Waals surface area contributed by atoms with Crippen molar-refractivity contribution in [3.8, 4) is 5.75 Å². The van der Waals surface area contributed by atoms with Gasteiger partial charge in [-0.25, -0.2) is 4.98 Å². The first-order chi connectivity index (χ1) is 9.61. The molecule has 0 saturated heterocycles. The van der Waals surface area contributed by atoms with Gasteiger partial charge in [0.05, 0.1) is 23.4 Å². The number of thiazole rings is 1. The maximum absolute atomic E-state index is 5.79. The van der Waals surface area contributed by atoms with Crippen LogP contribution in [0.2, 0.25) is 0 Å². The molecule has 4 heteroatoms. The molecular formula is C16H22N2OS. The molecule has 0 spiro atoms. The fourth-order valence-corrected chi connectivity index (χ4v) is 3.10.